The summed E-state index contributed by atoms with van der Waals surface area (Å²) in [6.45, 7) is 1.64. The maximum Gasteiger partial charge on any atom is 0.275 e. The number of para-hydroxylation sites is 1. The summed E-state index contributed by atoms with van der Waals surface area (Å²) in [5, 5.41) is 6.66. The summed E-state index contributed by atoms with van der Waals surface area (Å²) in [7, 11) is 0. The summed E-state index contributed by atoms with van der Waals surface area (Å²) in [5.74, 6) is -0.555. The van der Waals surface area contributed by atoms with Crippen LogP contribution in [0.4, 0.5) is 10.1 Å². The molecule has 0 aliphatic rings. The van der Waals surface area contributed by atoms with Gasteiger partial charge in [-0.15, -0.1) is 0 Å². The zero-order chi connectivity index (χ0) is 18.5. The second kappa shape index (κ2) is 7.75. The van der Waals surface area contributed by atoms with E-state index in [-0.39, 0.29) is 16.4 Å². The molecule has 0 atom stereocenters. The highest BCUT2D eigenvalue weighted by molar-refractivity contribution is 7.80. The van der Waals surface area contributed by atoms with Gasteiger partial charge in [-0.3, -0.25) is 15.6 Å². The molecule has 0 spiro atoms. The first kappa shape index (κ1) is 17.6. The minimum Gasteiger partial charge on any atom is -0.360 e. The molecule has 8 heteroatoms. The number of amides is 1. The monoisotopic (exact) mass is 370 g/mol. The van der Waals surface area contributed by atoms with Gasteiger partial charge in [-0.2, -0.15) is 0 Å². The molecule has 3 N–H and O–H groups in total. The summed E-state index contributed by atoms with van der Waals surface area (Å²) in [6, 6.07) is 15.3. The van der Waals surface area contributed by atoms with Crippen molar-refractivity contribution in [2.75, 3.05) is 5.32 Å². The summed E-state index contributed by atoms with van der Waals surface area (Å²) in [6.07, 6.45) is 0. The molecule has 26 heavy (non-hydrogen) atoms. The van der Waals surface area contributed by atoms with Crippen molar-refractivity contribution in [3.63, 3.8) is 0 Å². The third kappa shape index (κ3) is 3.86. The second-order valence-corrected chi connectivity index (χ2v) is 5.75. The zero-order valence-corrected chi connectivity index (χ0v) is 14.6. The summed E-state index contributed by atoms with van der Waals surface area (Å²) < 4.78 is 18.8. The molecule has 0 aliphatic heterocycles. The minimum atomic E-state index is -0.472. The third-order valence-electron chi connectivity index (χ3n) is 3.55. The molecule has 2 aromatic carbocycles. The topological polar surface area (TPSA) is 79.2 Å². The van der Waals surface area contributed by atoms with Gasteiger partial charge in [0.25, 0.3) is 5.91 Å². The molecule has 0 radical (unpaired) electrons. The highest BCUT2D eigenvalue weighted by atomic mass is 32.1. The van der Waals surface area contributed by atoms with E-state index >= 15 is 0 Å². The van der Waals surface area contributed by atoms with E-state index in [0.717, 1.165) is 5.56 Å². The lowest BCUT2D eigenvalue weighted by Gasteiger charge is -2.12. The van der Waals surface area contributed by atoms with Crippen LogP contribution in [0.5, 0.6) is 0 Å². The smallest absolute Gasteiger partial charge is 0.275 e. The number of aromatic nitrogens is 1. The van der Waals surface area contributed by atoms with E-state index in [4.69, 9.17) is 16.7 Å². The highest BCUT2D eigenvalue weighted by Crippen LogP contribution is 2.24. The predicted molar refractivity (Wildman–Crippen MR) is 99.9 cm³/mol. The summed E-state index contributed by atoms with van der Waals surface area (Å²) in [5.41, 5.74) is 6.66. The van der Waals surface area contributed by atoms with Crippen LogP contribution in [-0.4, -0.2) is 16.2 Å². The van der Waals surface area contributed by atoms with Crippen molar-refractivity contribution in [1.82, 2.24) is 16.0 Å². The van der Waals surface area contributed by atoms with Crippen LogP contribution < -0.4 is 16.2 Å². The van der Waals surface area contributed by atoms with E-state index in [1.807, 2.05) is 30.3 Å². The summed E-state index contributed by atoms with van der Waals surface area (Å²) >= 11 is 5.06. The molecule has 0 unspecified atom stereocenters. The molecule has 1 heterocycles. The van der Waals surface area contributed by atoms with Gasteiger partial charge in [-0.25, -0.2) is 4.39 Å². The normalized spacial score (nSPS) is 10.2. The SMILES string of the molecule is Cc1onc(-c2ccccc2)c1C(=O)NNC(=S)Nc1ccccc1F. The number of rotatable bonds is 3. The quantitative estimate of drug-likeness (QED) is 0.484. The molecule has 3 aromatic rings. The van der Waals surface area contributed by atoms with Gasteiger partial charge in [-0.1, -0.05) is 47.6 Å². The molecule has 0 saturated heterocycles. The molecule has 0 bridgehead atoms. The lowest BCUT2D eigenvalue weighted by Crippen LogP contribution is -2.44. The first-order valence-corrected chi connectivity index (χ1v) is 8.10. The number of hydrazine groups is 1. The fourth-order valence-corrected chi connectivity index (χ4v) is 2.49. The number of nitrogens with zero attached hydrogens (tertiary/aromatic N) is 1. The van der Waals surface area contributed by atoms with Gasteiger partial charge >= 0.3 is 0 Å². The van der Waals surface area contributed by atoms with Crippen LogP contribution in [0.25, 0.3) is 11.3 Å². The van der Waals surface area contributed by atoms with E-state index in [0.29, 0.717) is 11.5 Å². The molecule has 0 aliphatic carbocycles. The van der Waals surface area contributed by atoms with Crippen molar-refractivity contribution < 1.29 is 13.7 Å². The van der Waals surface area contributed by atoms with Gasteiger partial charge < -0.3 is 9.84 Å². The maximum absolute atomic E-state index is 13.6. The second-order valence-electron chi connectivity index (χ2n) is 5.34. The Morgan fingerprint density at radius 3 is 2.50 bits per heavy atom. The average molecular weight is 370 g/mol. The van der Waals surface area contributed by atoms with E-state index in [9.17, 15) is 9.18 Å². The molecule has 1 aromatic heterocycles. The molecule has 0 saturated carbocycles. The molecular formula is C18H15FN4O2S. The van der Waals surface area contributed by atoms with Crippen molar-refractivity contribution in [2.24, 2.45) is 0 Å². The lowest BCUT2D eigenvalue weighted by molar-refractivity contribution is 0.0943. The Morgan fingerprint density at radius 2 is 1.77 bits per heavy atom. The number of aryl methyl sites for hydroxylation is 1. The molecule has 1 amide bonds. The number of thiocarbonyl (C=S) groups is 1. The maximum atomic E-state index is 13.6. The zero-order valence-electron chi connectivity index (χ0n) is 13.7. The fraction of sp³-hybridized carbons (Fsp3) is 0.0556. The first-order valence-electron chi connectivity index (χ1n) is 7.70. The van der Waals surface area contributed by atoms with Crippen molar-refractivity contribution in [3.8, 4) is 11.3 Å². The molecule has 132 valence electrons. The van der Waals surface area contributed by atoms with E-state index in [1.165, 1.54) is 12.1 Å². The van der Waals surface area contributed by atoms with Crippen LogP contribution in [0, 0.1) is 12.7 Å². The standard InChI is InChI=1S/C18H15FN4O2S/c1-11-15(16(23-25-11)12-7-3-2-4-8-12)17(24)21-22-18(26)20-14-10-6-5-9-13(14)19/h2-10H,1H3,(H,21,24)(H2,20,22,26). The van der Waals surface area contributed by atoms with Gasteiger partial charge in [0.05, 0.1) is 5.69 Å². The first-order chi connectivity index (χ1) is 12.6. The average Bonchev–Trinajstić information content (AvgIpc) is 3.04. The number of carbonyl (C=O) groups excluding carboxylic acids is 1. The number of hydrogen-bond donors (Lipinski definition) is 3. The van der Waals surface area contributed by atoms with Crippen LogP contribution in [0.3, 0.4) is 0 Å². The largest absolute Gasteiger partial charge is 0.360 e. The van der Waals surface area contributed by atoms with E-state index in [1.54, 1.807) is 19.1 Å². The minimum absolute atomic E-state index is 0.0406. The van der Waals surface area contributed by atoms with Crippen LogP contribution >= 0.6 is 12.2 Å². The van der Waals surface area contributed by atoms with Gasteiger partial charge in [0.15, 0.2) is 5.11 Å². The van der Waals surface area contributed by atoms with Crippen LogP contribution in [0.2, 0.25) is 0 Å². The van der Waals surface area contributed by atoms with Crippen molar-refractivity contribution in [2.45, 2.75) is 6.92 Å². The number of carbonyl (C=O) groups is 1. The van der Waals surface area contributed by atoms with Crippen molar-refractivity contribution in [1.29, 1.82) is 0 Å². The van der Waals surface area contributed by atoms with E-state index < -0.39 is 11.7 Å². The Hall–Kier alpha value is -3.26. The Labute approximate surface area is 154 Å². The van der Waals surface area contributed by atoms with E-state index in [2.05, 4.69) is 21.3 Å². The number of anilines is 1. The van der Waals surface area contributed by atoms with Crippen LogP contribution in [-0.2, 0) is 0 Å². The summed E-state index contributed by atoms with van der Waals surface area (Å²) in [4.78, 5) is 12.5. The number of nitrogens with one attached hydrogen (secondary N) is 3. The molecule has 0 fully saturated rings. The van der Waals surface area contributed by atoms with Crippen molar-refractivity contribution >= 4 is 28.9 Å². The fourth-order valence-electron chi connectivity index (χ4n) is 2.32. The number of halogens is 1. The highest BCUT2D eigenvalue weighted by Gasteiger charge is 2.21. The molecular weight excluding hydrogens is 355 g/mol. The van der Waals surface area contributed by atoms with Crippen LogP contribution in [0.15, 0.2) is 59.1 Å². The lowest BCUT2D eigenvalue weighted by atomic mass is 10.1. The van der Waals surface area contributed by atoms with Crippen LogP contribution in [0.1, 0.15) is 16.1 Å². The molecule has 6 nitrogen and oxygen atoms in total. The van der Waals surface area contributed by atoms with Gasteiger partial charge in [0, 0.05) is 5.56 Å². The predicted octanol–water partition coefficient (Wildman–Crippen LogP) is 3.42. The number of benzene rings is 2. The van der Waals surface area contributed by atoms with Gasteiger partial charge in [0.2, 0.25) is 0 Å². The van der Waals surface area contributed by atoms with Gasteiger partial charge in [-0.05, 0) is 31.3 Å². The Morgan fingerprint density at radius 1 is 1.08 bits per heavy atom. The van der Waals surface area contributed by atoms with Crippen molar-refractivity contribution in [3.05, 3.63) is 71.7 Å². The van der Waals surface area contributed by atoms with Gasteiger partial charge in [0.1, 0.15) is 22.8 Å². The number of hydrogen-bond acceptors (Lipinski definition) is 4. The third-order valence-corrected chi connectivity index (χ3v) is 3.75. The Bertz CT molecular complexity index is 943. The Balaban J connectivity index is 1.69. The Kier molecular flexibility index (Phi) is 5.23. The molecule has 3 rings (SSSR count).